The Kier molecular flexibility index (Phi) is 7.05. The maximum Gasteiger partial charge on any atom is 0.586 e. The molecule has 5 heterocycles. The summed E-state index contributed by atoms with van der Waals surface area (Å²) in [5, 5.41) is 8.74. The number of nitrogens with zero attached hydrogens (tertiary/aromatic N) is 3. The van der Waals surface area contributed by atoms with Crippen LogP contribution in [0.15, 0.2) is 18.5 Å². The molecule has 1 aromatic carbocycles. The molecular weight excluding hydrogens is 663 g/mol. The zero-order chi connectivity index (χ0) is 34.5. The molecule has 0 spiro atoms. The van der Waals surface area contributed by atoms with Gasteiger partial charge in [0.2, 0.25) is 5.88 Å². The molecule has 0 radical (unpaired) electrons. The number of amides is 2. The van der Waals surface area contributed by atoms with Gasteiger partial charge in [-0.25, -0.2) is 9.97 Å². The summed E-state index contributed by atoms with van der Waals surface area (Å²) in [6.45, 7) is 2.67. The van der Waals surface area contributed by atoms with E-state index in [0.717, 1.165) is 44.5 Å². The van der Waals surface area contributed by atoms with Crippen molar-refractivity contribution in [3.8, 4) is 17.4 Å². The molecule has 1 aromatic heterocycles. The molecule has 2 amide bonds. The first kappa shape index (κ1) is 32.2. The third kappa shape index (κ3) is 5.21. The van der Waals surface area contributed by atoms with E-state index < -0.39 is 53.5 Å². The fraction of sp³-hybridized carbons (Fsp3) is 0.613. The minimum Gasteiger partial charge on any atom is -0.480 e. The van der Waals surface area contributed by atoms with E-state index in [1.54, 1.807) is 0 Å². The van der Waals surface area contributed by atoms with Crippen LogP contribution < -0.4 is 30.2 Å². The highest BCUT2D eigenvalue weighted by Crippen LogP contribution is 2.65. The summed E-state index contributed by atoms with van der Waals surface area (Å²) in [5.41, 5.74) is -4.24. The second-order valence-electron chi connectivity index (χ2n) is 13.8. The van der Waals surface area contributed by atoms with Crippen LogP contribution in [0.25, 0.3) is 0 Å². The summed E-state index contributed by atoms with van der Waals surface area (Å²) in [5.74, 6) is -2.46. The van der Waals surface area contributed by atoms with Gasteiger partial charge >= 0.3 is 12.5 Å². The number of nitrogens with one attached hydrogen (secondary N) is 3. The quantitative estimate of drug-likeness (QED) is 0.346. The SMILES string of the molecule is COc1ncnc(NC23CC(N4CCOCC4)(C2)C3)c1C(=O)Nc1cc2c(cc1C(=O)NC13CCC(C(F)(F)F)(CC1)OC3)OC(F)(F)O2. The Balaban J connectivity index is 1.05. The first-order chi connectivity index (χ1) is 23.2. The molecule has 8 aliphatic rings. The van der Waals surface area contributed by atoms with Crippen molar-refractivity contribution in [3.63, 3.8) is 0 Å². The Hall–Kier alpha value is -4.03. The number of fused-ring (bicyclic) bond motifs is 4. The van der Waals surface area contributed by atoms with Crippen LogP contribution in [0.2, 0.25) is 0 Å². The summed E-state index contributed by atoms with van der Waals surface area (Å²) in [6, 6.07) is 2.00. The maximum absolute atomic E-state index is 14.1. The van der Waals surface area contributed by atoms with Crippen molar-refractivity contribution in [1.82, 2.24) is 20.2 Å². The summed E-state index contributed by atoms with van der Waals surface area (Å²) in [7, 11) is 1.32. The molecular formula is C31H33F5N6O7. The van der Waals surface area contributed by atoms with E-state index in [1.807, 2.05) is 0 Å². The average Bonchev–Trinajstić information content (AvgIpc) is 3.34. The molecule has 4 bridgehead atoms. The van der Waals surface area contributed by atoms with Crippen molar-refractivity contribution in [2.24, 2.45) is 0 Å². The third-order valence-electron chi connectivity index (χ3n) is 10.9. The highest BCUT2D eigenvalue weighted by atomic mass is 19.4. The van der Waals surface area contributed by atoms with Crippen molar-refractivity contribution in [2.75, 3.05) is 50.7 Å². The third-order valence-corrected chi connectivity index (χ3v) is 10.9. The number of morpholine rings is 1. The number of benzene rings is 1. The second kappa shape index (κ2) is 10.7. The molecule has 264 valence electrons. The minimum absolute atomic E-state index is 0.0231. The van der Waals surface area contributed by atoms with E-state index in [1.165, 1.54) is 13.4 Å². The van der Waals surface area contributed by atoms with Crippen molar-refractivity contribution >= 4 is 23.3 Å². The van der Waals surface area contributed by atoms with Gasteiger partial charge in [0, 0.05) is 30.2 Å². The number of halogens is 5. The van der Waals surface area contributed by atoms with Crippen molar-refractivity contribution in [1.29, 1.82) is 0 Å². The summed E-state index contributed by atoms with van der Waals surface area (Å²) in [6.07, 6.45) is -5.60. The number of carbonyl (C=O) groups excluding carboxylic acids is 2. The topological polar surface area (TPSA) is 145 Å². The van der Waals surface area contributed by atoms with Gasteiger partial charge in [0.15, 0.2) is 17.1 Å². The van der Waals surface area contributed by atoms with Crippen molar-refractivity contribution < 1.29 is 55.2 Å². The first-order valence-corrected chi connectivity index (χ1v) is 16.0. The van der Waals surface area contributed by atoms with E-state index in [0.29, 0.717) is 13.2 Å². The normalized spacial score (nSPS) is 32.4. The fourth-order valence-corrected chi connectivity index (χ4v) is 8.32. The van der Waals surface area contributed by atoms with Crippen LogP contribution in [-0.4, -0.2) is 101 Å². The molecule has 10 rings (SSSR count). The van der Waals surface area contributed by atoms with Gasteiger partial charge in [-0.1, -0.05) is 0 Å². The lowest BCUT2D eigenvalue weighted by Gasteiger charge is -2.74. The number of aromatic nitrogens is 2. The lowest BCUT2D eigenvalue weighted by Crippen LogP contribution is -2.82. The maximum atomic E-state index is 14.1. The van der Waals surface area contributed by atoms with Crippen molar-refractivity contribution in [3.05, 3.63) is 29.6 Å². The Labute approximate surface area is 276 Å². The number of rotatable bonds is 8. The summed E-state index contributed by atoms with van der Waals surface area (Å²) in [4.78, 5) is 38.6. The van der Waals surface area contributed by atoms with Gasteiger partial charge in [0.05, 0.1) is 43.7 Å². The number of ether oxygens (including phenoxy) is 5. The molecule has 7 fully saturated rings. The molecule has 3 N–H and O–H groups in total. The molecule has 18 heteroatoms. The average molecular weight is 697 g/mol. The first-order valence-electron chi connectivity index (χ1n) is 16.0. The number of alkyl halides is 5. The zero-order valence-electron chi connectivity index (χ0n) is 26.3. The highest BCUT2D eigenvalue weighted by Gasteiger charge is 2.70. The molecule has 4 aliphatic heterocycles. The molecule has 4 saturated carbocycles. The minimum atomic E-state index is -4.57. The largest absolute Gasteiger partial charge is 0.586 e. The lowest BCUT2D eigenvalue weighted by atomic mass is 9.43. The van der Waals surface area contributed by atoms with Crippen molar-refractivity contribution in [2.45, 2.75) is 79.6 Å². The second-order valence-corrected chi connectivity index (χ2v) is 13.8. The van der Waals surface area contributed by atoms with Crippen LogP contribution in [0.5, 0.6) is 17.4 Å². The molecule has 0 atom stereocenters. The smallest absolute Gasteiger partial charge is 0.480 e. The van der Waals surface area contributed by atoms with Crippen LogP contribution in [0.3, 0.4) is 0 Å². The zero-order valence-corrected chi connectivity index (χ0v) is 26.3. The standard InChI is InChI=1S/C31H33F5N6O7/c1-45-25-21(22(37-16-38-25)40-27-12-28(13-27,14-27)42-6-8-46-9-7-42)24(44)39-18-11-20-19(48-31(35,36)49-20)10-17(18)23(43)41-26-2-4-29(5-3-26,47-15-26)30(32,33)34/h10-11,16H,2-9,12-15H2,1H3,(H,39,44)(H,41,43)(H,37,38,40). The lowest BCUT2D eigenvalue weighted by molar-refractivity contribution is -0.317. The van der Waals surface area contributed by atoms with Gasteiger partial charge in [-0.15, -0.1) is 8.78 Å². The van der Waals surface area contributed by atoms with Crippen LogP contribution in [0.4, 0.5) is 33.5 Å². The number of hydrogen-bond donors (Lipinski definition) is 3. The van der Waals surface area contributed by atoms with Crippen LogP contribution in [-0.2, 0) is 9.47 Å². The monoisotopic (exact) mass is 696 g/mol. The van der Waals surface area contributed by atoms with E-state index in [-0.39, 0.29) is 65.3 Å². The van der Waals surface area contributed by atoms with E-state index >= 15 is 0 Å². The van der Waals surface area contributed by atoms with E-state index in [9.17, 15) is 31.5 Å². The number of methoxy groups -OCH3 is 1. The number of hydrogen-bond acceptors (Lipinski definition) is 11. The number of carbonyl (C=O) groups is 2. The van der Waals surface area contributed by atoms with Crippen LogP contribution >= 0.6 is 0 Å². The Morgan fingerprint density at radius 2 is 1.61 bits per heavy atom. The Morgan fingerprint density at radius 3 is 2.22 bits per heavy atom. The van der Waals surface area contributed by atoms with Gasteiger partial charge in [0.25, 0.3) is 11.8 Å². The Morgan fingerprint density at radius 1 is 0.939 bits per heavy atom. The fourth-order valence-electron chi connectivity index (χ4n) is 8.32. The van der Waals surface area contributed by atoms with Gasteiger partial charge in [-0.3, -0.25) is 14.5 Å². The highest BCUT2D eigenvalue weighted by molar-refractivity contribution is 6.12. The van der Waals surface area contributed by atoms with E-state index in [4.69, 9.17) is 14.2 Å². The molecule has 3 saturated heterocycles. The summed E-state index contributed by atoms with van der Waals surface area (Å²) >= 11 is 0. The molecule has 13 nitrogen and oxygen atoms in total. The van der Waals surface area contributed by atoms with Gasteiger partial charge in [-0.05, 0) is 51.0 Å². The van der Waals surface area contributed by atoms with Crippen LogP contribution in [0.1, 0.15) is 65.7 Å². The molecule has 2 aromatic rings. The van der Waals surface area contributed by atoms with Gasteiger partial charge in [0.1, 0.15) is 17.7 Å². The molecule has 49 heavy (non-hydrogen) atoms. The predicted octanol–water partition coefficient (Wildman–Crippen LogP) is 3.85. The van der Waals surface area contributed by atoms with Gasteiger partial charge < -0.3 is 39.6 Å². The molecule has 0 unspecified atom stereocenters. The summed E-state index contributed by atoms with van der Waals surface area (Å²) < 4.78 is 94.5. The molecule has 4 aliphatic carbocycles. The van der Waals surface area contributed by atoms with E-state index in [2.05, 4.69) is 40.3 Å². The van der Waals surface area contributed by atoms with Crippen LogP contribution in [0, 0.1) is 0 Å². The number of anilines is 2. The predicted molar refractivity (Wildman–Crippen MR) is 158 cm³/mol. The van der Waals surface area contributed by atoms with Gasteiger partial charge in [-0.2, -0.15) is 13.2 Å². The Bertz CT molecular complexity index is 1670.